The van der Waals surface area contributed by atoms with Gasteiger partial charge in [0.05, 0.1) is 27.4 Å². The maximum Gasteiger partial charge on any atom is 0.324 e. The second-order valence-electron chi connectivity index (χ2n) is 9.89. The number of nitrogens with one attached hydrogen (secondary N) is 1. The number of ether oxygens (including phenoxy) is 3. The number of urea groups is 1. The van der Waals surface area contributed by atoms with Crippen LogP contribution in [0.25, 0.3) is 0 Å². The quantitative estimate of drug-likeness (QED) is 0.379. The van der Waals surface area contributed by atoms with Crippen molar-refractivity contribution in [2.75, 3.05) is 38.8 Å². The smallest absolute Gasteiger partial charge is 0.324 e. The van der Waals surface area contributed by atoms with Crippen molar-refractivity contribution in [3.63, 3.8) is 0 Å². The van der Waals surface area contributed by atoms with Crippen LogP contribution in [0.2, 0.25) is 0 Å². The minimum Gasteiger partial charge on any atom is -0.496 e. The Labute approximate surface area is 219 Å². The van der Waals surface area contributed by atoms with Gasteiger partial charge in [-0.1, -0.05) is 31.4 Å². The molecular formula is C29H39N3O5. The number of hydrogen-bond acceptors (Lipinski definition) is 5. The molecule has 2 aromatic rings. The lowest BCUT2D eigenvalue weighted by atomic mass is 10.1. The zero-order valence-electron chi connectivity index (χ0n) is 22.3. The zero-order chi connectivity index (χ0) is 26.2. The predicted octanol–water partition coefficient (Wildman–Crippen LogP) is 5.13. The number of carbonyl (C=O) groups excluding carboxylic acids is 2. The van der Waals surface area contributed by atoms with Crippen molar-refractivity contribution >= 4 is 17.6 Å². The largest absolute Gasteiger partial charge is 0.496 e. The number of anilines is 1. The van der Waals surface area contributed by atoms with Gasteiger partial charge in [-0.25, -0.2) is 4.79 Å². The minimum absolute atomic E-state index is 0.0452. The van der Waals surface area contributed by atoms with Crippen molar-refractivity contribution in [2.45, 2.75) is 58.5 Å². The third-order valence-electron chi connectivity index (χ3n) is 6.99. The number of methoxy groups -OCH3 is 2. The Hall–Kier alpha value is -3.42. The molecule has 4 rings (SSSR count). The van der Waals surface area contributed by atoms with Gasteiger partial charge in [0.1, 0.15) is 5.75 Å². The maximum absolute atomic E-state index is 13.5. The van der Waals surface area contributed by atoms with E-state index >= 15 is 0 Å². The number of unbranched alkanes of at least 4 members (excludes halogenated alkanes) is 1. The molecule has 0 bridgehead atoms. The van der Waals surface area contributed by atoms with Crippen LogP contribution in [0.3, 0.4) is 0 Å². The molecule has 0 radical (unpaired) electrons. The standard InChI is InChI=1S/C29H39N3O5/c1-21(33)30-19-23-10-11-24(27(17-23)36-3)20-31-14-6-15-32(29(31)34)25-12-13-26(35-2)28(18-25)37-16-5-4-7-22-8-9-22/h10-13,17-18,22H,4-9,14-16,19-20H2,1-3H3,(H,30,33). The van der Waals surface area contributed by atoms with E-state index in [2.05, 4.69) is 5.32 Å². The average Bonchev–Trinajstić information content (AvgIpc) is 3.73. The summed E-state index contributed by atoms with van der Waals surface area (Å²) in [6.45, 7) is 4.34. The van der Waals surface area contributed by atoms with Gasteiger partial charge in [0.25, 0.3) is 0 Å². The van der Waals surface area contributed by atoms with Crippen molar-refractivity contribution in [3.8, 4) is 17.2 Å². The number of benzene rings is 2. The van der Waals surface area contributed by atoms with Crippen LogP contribution in [0.1, 0.15) is 56.6 Å². The Morgan fingerprint density at radius 3 is 2.54 bits per heavy atom. The summed E-state index contributed by atoms with van der Waals surface area (Å²) in [6.07, 6.45) is 7.12. The average molecular weight is 510 g/mol. The number of rotatable bonds is 13. The van der Waals surface area contributed by atoms with Crippen molar-refractivity contribution in [1.29, 1.82) is 0 Å². The molecular weight excluding hydrogens is 470 g/mol. The molecule has 1 aliphatic carbocycles. The van der Waals surface area contributed by atoms with E-state index in [0.29, 0.717) is 50.0 Å². The van der Waals surface area contributed by atoms with Crippen LogP contribution >= 0.6 is 0 Å². The molecule has 1 saturated heterocycles. The van der Waals surface area contributed by atoms with Crippen LogP contribution in [-0.4, -0.2) is 50.8 Å². The van der Waals surface area contributed by atoms with E-state index in [1.165, 1.54) is 32.6 Å². The van der Waals surface area contributed by atoms with E-state index in [9.17, 15) is 9.59 Å². The molecule has 8 nitrogen and oxygen atoms in total. The molecule has 1 heterocycles. The first-order valence-corrected chi connectivity index (χ1v) is 13.3. The van der Waals surface area contributed by atoms with Gasteiger partial charge in [-0.15, -0.1) is 0 Å². The molecule has 8 heteroatoms. The number of hydrogen-bond donors (Lipinski definition) is 1. The molecule has 2 aromatic carbocycles. The molecule has 0 unspecified atom stereocenters. The summed E-state index contributed by atoms with van der Waals surface area (Å²) < 4.78 is 17.2. The van der Waals surface area contributed by atoms with E-state index in [0.717, 1.165) is 35.6 Å². The lowest BCUT2D eigenvalue weighted by Gasteiger charge is -2.36. The third-order valence-corrected chi connectivity index (χ3v) is 6.99. The fourth-order valence-electron chi connectivity index (χ4n) is 4.70. The maximum atomic E-state index is 13.5. The van der Waals surface area contributed by atoms with Crippen LogP contribution in [0.15, 0.2) is 36.4 Å². The lowest BCUT2D eigenvalue weighted by molar-refractivity contribution is -0.119. The highest BCUT2D eigenvalue weighted by atomic mass is 16.5. The van der Waals surface area contributed by atoms with Crippen LogP contribution in [0, 0.1) is 5.92 Å². The molecule has 2 aliphatic rings. The predicted molar refractivity (Wildman–Crippen MR) is 143 cm³/mol. The highest BCUT2D eigenvalue weighted by Gasteiger charge is 2.28. The number of amides is 3. The summed E-state index contributed by atoms with van der Waals surface area (Å²) in [5.41, 5.74) is 2.68. The normalized spacial score (nSPS) is 15.5. The minimum atomic E-state index is -0.0808. The molecule has 1 N–H and O–H groups in total. The molecule has 1 aliphatic heterocycles. The van der Waals surface area contributed by atoms with Crippen LogP contribution in [-0.2, 0) is 17.9 Å². The first kappa shape index (κ1) is 26.6. The third kappa shape index (κ3) is 7.31. The summed E-state index contributed by atoms with van der Waals surface area (Å²) in [4.78, 5) is 28.4. The number of carbonyl (C=O) groups is 2. The fourth-order valence-corrected chi connectivity index (χ4v) is 4.70. The van der Waals surface area contributed by atoms with Gasteiger partial charge >= 0.3 is 6.03 Å². The Morgan fingerprint density at radius 2 is 1.81 bits per heavy atom. The van der Waals surface area contributed by atoms with Gasteiger partial charge in [0, 0.05) is 43.9 Å². The highest BCUT2D eigenvalue weighted by Crippen LogP contribution is 2.35. The molecule has 37 heavy (non-hydrogen) atoms. The summed E-state index contributed by atoms with van der Waals surface area (Å²) in [7, 11) is 3.26. The van der Waals surface area contributed by atoms with Crippen molar-refractivity contribution in [2.24, 2.45) is 5.92 Å². The SMILES string of the molecule is COc1cc(CNC(C)=O)ccc1CN1CCCN(c2ccc(OC)c(OCCCCC3CC3)c2)C1=O. The number of nitrogens with zero attached hydrogens (tertiary/aromatic N) is 2. The van der Waals surface area contributed by atoms with Gasteiger partial charge < -0.3 is 24.4 Å². The van der Waals surface area contributed by atoms with Gasteiger partial charge in [-0.3, -0.25) is 9.69 Å². The molecule has 2 fully saturated rings. The van der Waals surface area contributed by atoms with Crippen LogP contribution < -0.4 is 24.4 Å². The first-order chi connectivity index (χ1) is 18.0. The topological polar surface area (TPSA) is 80.3 Å². The Morgan fingerprint density at radius 1 is 1.00 bits per heavy atom. The molecule has 0 atom stereocenters. The van der Waals surface area contributed by atoms with Gasteiger partial charge in [0.15, 0.2) is 11.5 Å². The monoisotopic (exact) mass is 509 g/mol. The van der Waals surface area contributed by atoms with E-state index < -0.39 is 0 Å². The molecule has 200 valence electrons. The summed E-state index contributed by atoms with van der Waals surface area (Å²) in [5.74, 6) is 2.91. The summed E-state index contributed by atoms with van der Waals surface area (Å²) in [5, 5.41) is 2.80. The van der Waals surface area contributed by atoms with E-state index in [4.69, 9.17) is 14.2 Å². The van der Waals surface area contributed by atoms with E-state index in [1.54, 1.807) is 19.1 Å². The van der Waals surface area contributed by atoms with Gasteiger partial charge in [-0.2, -0.15) is 0 Å². The molecule has 3 amide bonds. The van der Waals surface area contributed by atoms with E-state index in [-0.39, 0.29) is 11.9 Å². The van der Waals surface area contributed by atoms with E-state index in [1.807, 2.05) is 41.3 Å². The molecule has 0 aromatic heterocycles. The highest BCUT2D eigenvalue weighted by molar-refractivity contribution is 5.93. The summed E-state index contributed by atoms with van der Waals surface area (Å²) in [6, 6.07) is 11.5. The van der Waals surface area contributed by atoms with Crippen LogP contribution in [0.5, 0.6) is 17.2 Å². The molecule has 1 saturated carbocycles. The lowest BCUT2D eigenvalue weighted by Crippen LogP contribution is -2.49. The van der Waals surface area contributed by atoms with Crippen molar-refractivity contribution in [3.05, 3.63) is 47.5 Å². The summed E-state index contributed by atoms with van der Waals surface area (Å²) >= 11 is 0. The fraction of sp³-hybridized carbons (Fsp3) is 0.517. The zero-order valence-corrected chi connectivity index (χ0v) is 22.3. The van der Waals surface area contributed by atoms with Gasteiger partial charge in [-0.05, 0) is 48.9 Å². The Balaban J connectivity index is 1.41. The molecule has 0 spiro atoms. The van der Waals surface area contributed by atoms with Crippen LogP contribution in [0.4, 0.5) is 10.5 Å². The van der Waals surface area contributed by atoms with Crippen molar-refractivity contribution in [1.82, 2.24) is 10.2 Å². The van der Waals surface area contributed by atoms with Crippen molar-refractivity contribution < 1.29 is 23.8 Å². The van der Waals surface area contributed by atoms with Gasteiger partial charge in [0.2, 0.25) is 5.91 Å². The Bertz CT molecular complexity index is 1090. The second kappa shape index (κ2) is 12.7. The Kier molecular flexibility index (Phi) is 9.14. The second-order valence-corrected chi connectivity index (χ2v) is 9.89. The first-order valence-electron chi connectivity index (χ1n) is 13.3.